The first-order valence-corrected chi connectivity index (χ1v) is 8.03. The Labute approximate surface area is 127 Å². The lowest BCUT2D eigenvalue weighted by Crippen LogP contribution is -2.46. The molecule has 118 valence electrons. The number of aryl methyl sites for hydroxylation is 1. The molecule has 2 aliphatic rings. The quantitative estimate of drug-likeness (QED) is 0.909. The van der Waals surface area contributed by atoms with E-state index in [4.69, 9.17) is 14.9 Å². The monoisotopic (exact) mass is 293 g/mol. The topological polar surface area (TPSA) is 54.9 Å². The lowest BCUT2D eigenvalue weighted by Gasteiger charge is -2.34. The molecule has 3 rings (SSSR count). The largest absolute Gasteiger partial charge is 0.465 e. The van der Waals surface area contributed by atoms with Gasteiger partial charge < -0.3 is 14.9 Å². The van der Waals surface area contributed by atoms with Gasteiger partial charge in [-0.1, -0.05) is 0 Å². The van der Waals surface area contributed by atoms with Gasteiger partial charge in [-0.15, -0.1) is 0 Å². The Morgan fingerprint density at radius 1 is 1.24 bits per heavy atom. The third kappa shape index (κ3) is 3.31. The minimum atomic E-state index is 0.0685. The summed E-state index contributed by atoms with van der Waals surface area (Å²) in [6.07, 6.45) is 1.21. The van der Waals surface area contributed by atoms with Crippen molar-refractivity contribution in [2.75, 3.05) is 39.4 Å². The van der Waals surface area contributed by atoms with Gasteiger partial charge in [0.1, 0.15) is 11.5 Å². The van der Waals surface area contributed by atoms with Gasteiger partial charge in [0.05, 0.1) is 19.3 Å². The number of nitrogens with two attached hydrogens (primary N) is 1. The zero-order valence-corrected chi connectivity index (χ0v) is 13.1. The molecule has 21 heavy (non-hydrogen) atoms. The number of nitrogens with zero attached hydrogens (tertiary/aromatic N) is 2. The molecule has 0 bridgehead atoms. The number of rotatable bonds is 4. The first-order chi connectivity index (χ1) is 10.1. The van der Waals surface area contributed by atoms with E-state index in [1.165, 1.54) is 6.42 Å². The van der Waals surface area contributed by atoms with Gasteiger partial charge in [0.15, 0.2) is 0 Å². The molecule has 2 saturated heterocycles. The van der Waals surface area contributed by atoms with Gasteiger partial charge in [-0.3, -0.25) is 9.80 Å². The van der Waals surface area contributed by atoms with Gasteiger partial charge in [-0.25, -0.2) is 0 Å². The van der Waals surface area contributed by atoms with Gasteiger partial charge in [0.25, 0.3) is 0 Å². The van der Waals surface area contributed by atoms with E-state index < -0.39 is 0 Å². The van der Waals surface area contributed by atoms with Crippen LogP contribution in [0.4, 0.5) is 0 Å². The highest BCUT2D eigenvalue weighted by Gasteiger charge is 2.35. The van der Waals surface area contributed by atoms with E-state index in [2.05, 4.69) is 22.8 Å². The smallest absolute Gasteiger partial charge is 0.122 e. The van der Waals surface area contributed by atoms with Crippen LogP contribution in [0.2, 0.25) is 0 Å². The van der Waals surface area contributed by atoms with E-state index in [-0.39, 0.29) is 12.1 Å². The fourth-order valence-corrected chi connectivity index (χ4v) is 3.65. The minimum absolute atomic E-state index is 0.0685. The van der Waals surface area contributed by atoms with Gasteiger partial charge >= 0.3 is 0 Å². The number of ether oxygens (including phenoxy) is 1. The molecule has 5 nitrogen and oxygen atoms in total. The van der Waals surface area contributed by atoms with Crippen LogP contribution in [0.15, 0.2) is 16.5 Å². The van der Waals surface area contributed by atoms with Gasteiger partial charge in [-0.05, 0) is 32.4 Å². The van der Waals surface area contributed by atoms with Crippen molar-refractivity contribution in [1.29, 1.82) is 0 Å². The number of likely N-dealkylation sites (tertiary alicyclic amines) is 1. The Bertz CT molecular complexity index is 454. The van der Waals surface area contributed by atoms with E-state index in [1.54, 1.807) is 0 Å². The van der Waals surface area contributed by atoms with Crippen molar-refractivity contribution in [2.24, 2.45) is 5.73 Å². The second kappa shape index (κ2) is 6.48. The zero-order valence-electron chi connectivity index (χ0n) is 13.1. The van der Waals surface area contributed by atoms with Crippen LogP contribution in [-0.2, 0) is 4.74 Å². The Hall–Kier alpha value is -0.880. The van der Waals surface area contributed by atoms with E-state index in [9.17, 15) is 0 Å². The molecule has 1 aromatic rings. The van der Waals surface area contributed by atoms with Crippen LogP contribution in [0.25, 0.3) is 0 Å². The summed E-state index contributed by atoms with van der Waals surface area (Å²) >= 11 is 0. The van der Waals surface area contributed by atoms with Crippen LogP contribution < -0.4 is 5.73 Å². The maximum atomic E-state index is 6.25. The molecule has 3 atom stereocenters. The summed E-state index contributed by atoms with van der Waals surface area (Å²) in [6, 6.07) is 4.99. The van der Waals surface area contributed by atoms with Crippen LogP contribution >= 0.6 is 0 Å². The second-order valence-corrected chi connectivity index (χ2v) is 6.34. The van der Waals surface area contributed by atoms with Crippen molar-refractivity contribution in [2.45, 2.75) is 38.4 Å². The van der Waals surface area contributed by atoms with Crippen molar-refractivity contribution in [3.05, 3.63) is 23.7 Å². The third-order valence-corrected chi connectivity index (χ3v) is 4.70. The standard InChI is InChI=1S/C16H27N3O2/c1-12-3-4-15(21-12)16(13(2)17)19-6-5-14(11-19)18-7-9-20-10-8-18/h3-4,13-14,16H,5-11,17H2,1-2H3. The molecule has 5 heteroatoms. The lowest BCUT2D eigenvalue weighted by molar-refractivity contribution is 0.0170. The summed E-state index contributed by atoms with van der Waals surface area (Å²) < 4.78 is 11.3. The van der Waals surface area contributed by atoms with E-state index in [1.807, 2.05) is 13.0 Å². The van der Waals surface area contributed by atoms with Crippen molar-refractivity contribution in [3.63, 3.8) is 0 Å². The fourth-order valence-electron chi connectivity index (χ4n) is 3.65. The van der Waals surface area contributed by atoms with Crippen LogP contribution in [0.1, 0.15) is 30.9 Å². The average molecular weight is 293 g/mol. The molecule has 1 aromatic heterocycles. The molecule has 0 amide bonds. The van der Waals surface area contributed by atoms with Gasteiger partial charge in [-0.2, -0.15) is 0 Å². The third-order valence-electron chi connectivity index (χ3n) is 4.70. The molecule has 2 N–H and O–H groups in total. The number of hydrogen-bond donors (Lipinski definition) is 1. The SMILES string of the molecule is Cc1ccc(C(C(C)N)N2CCC(N3CCOCC3)C2)o1. The van der Waals surface area contributed by atoms with Crippen molar-refractivity contribution < 1.29 is 9.15 Å². The van der Waals surface area contributed by atoms with E-state index in [0.717, 1.165) is 50.9 Å². The number of morpholine rings is 1. The molecule has 0 radical (unpaired) electrons. The fraction of sp³-hybridized carbons (Fsp3) is 0.750. The molecule has 2 fully saturated rings. The maximum absolute atomic E-state index is 6.25. The van der Waals surface area contributed by atoms with Crippen molar-refractivity contribution >= 4 is 0 Å². The maximum Gasteiger partial charge on any atom is 0.122 e. The summed E-state index contributed by atoms with van der Waals surface area (Å²) in [7, 11) is 0. The summed E-state index contributed by atoms with van der Waals surface area (Å²) in [5.41, 5.74) is 6.25. The highest BCUT2D eigenvalue weighted by atomic mass is 16.5. The molecule has 0 aliphatic carbocycles. The Balaban J connectivity index is 1.67. The summed E-state index contributed by atoms with van der Waals surface area (Å²) in [5.74, 6) is 1.96. The molecule has 3 heterocycles. The predicted molar refractivity (Wildman–Crippen MR) is 82.2 cm³/mol. The van der Waals surface area contributed by atoms with Crippen LogP contribution in [0.3, 0.4) is 0 Å². The van der Waals surface area contributed by atoms with Crippen LogP contribution in [0.5, 0.6) is 0 Å². The number of hydrogen-bond acceptors (Lipinski definition) is 5. The molecular formula is C16H27N3O2. The highest BCUT2D eigenvalue weighted by molar-refractivity contribution is 5.12. The molecule has 0 aromatic carbocycles. The minimum Gasteiger partial charge on any atom is -0.465 e. The van der Waals surface area contributed by atoms with Gasteiger partial charge in [0, 0.05) is 38.3 Å². The Kier molecular flexibility index (Phi) is 4.64. The lowest BCUT2D eigenvalue weighted by atomic mass is 10.1. The van der Waals surface area contributed by atoms with Crippen LogP contribution in [0, 0.1) is 6.92 Å². The highest BCUT2D eigenvalue weighted by Crippen LogP contribution is 2.30. The molecular weight excluding hydrogens is 266 g/mol. The molecule has 3 unspecified atom stereocenters. The van der Waals surface area contributed by atoms with E-state index >= 15 is 0 Å². The first-order valence-electron chi connectivity index (χ1n) is 8.03. The normalized spacial score (nSPS) is 27.9. The second-order valence-electron chi connectivity index (χ2n) is 6.34. The van der Waals surface area contributed by atoms with Crippen molar-refractivity contribution in [1.82, 2.24) is 9.80 Å². The van der Waals surface area contributed by atoms with E-state index in [0.29, 0.717) is 6.04 Å². The first kappa shape index (κ1) is 15.0. The Morgan fingerprint density at radius 3 is 2.62 bits per heavy atom. The molecule has 0 spiro atoms. The Morgan fingerprint density at radius 2 is 2.00 bits per heavy atom. The van der Waals surface area contributed by atoms with Gasteiger partial charge in [0.2, 0.25) is 0 Å². The summed E-state index contributed by atoms with van der Waals surface area (Å²) in [6.45, 7) is 10.1. The number of furan rings is 1. The molecule has 0 saturated carbocycles. The predicted octanol–water partition coefficient (Wildman–Crippen LogP) is 1.38. The summed E-state index contributed by atoms with van der Waals surface area (Å²) in [5, 5.41) is 0. The average Bonchev–Trinajstić information content (AvgIpc) is 3.10. The van der Waals surface area contributed by atoms with Crippen molar-refractivity contribution in [3.8, 4) is 0 Å². The van der Waals surface area contributed by atoms with Crippen LogP contribution in [-0.4, -0.2) is 61.3 Å². The zero-order chi connectivity index (χ0) is 14.8. The molecule has 2 aliphatic heterocycles. The summed E-state index contributed by atoms with van der Waals surface area (Å²) in [4.78, 5) is 5.05.